The van der Waals surface area contributed by atoms with Crippen LogP contribution in [0, 0.1) is 19.7 Å². The molecule has 0 fully saturated rings. The van der Waals surface area contributed by atoms with E-state index in [2.05, 4.69) is 0 Å². The third-order valence-electron chi connectivity index (χ3n) is 2.84. The molecule has 0 saturated heterocycles. The number of hydrogen-bond donors (Lipinski definition) is 1. The number of anilines is 1. The van der Waals surface area contributed by atoms with Gasteiger partial charge in [-0.2, -0.15) is 0 Å². The van der Waals surface area contributed by atoms with Crippen molar-refractivity contribution in [1.82, 2.24) is 0 Å². The van der Waals surface area contributed by atoms with Crippen molar-refractivity contribution in [3.63, 3.8) is 0 Å². The van der Waals surface area contributed by atoms with Gasteiger partial charge in [0.15, 0.2) is 0 Å². The first-order chi connectivity index (χ1) is 7.99. The predicted molar refractivity (Wildman–Crippen MR) is 70.7 cm³/mol. The van der Waals surface area contributed by atoms with Crippen LogP contribution in [-0.4, -0.2) is 0 Å². The number of rotatable bonds is 1. The van der Waals surface area contributed by atoms with Crippen molar-refractivity contribution >= 4 is 17.3 Å². The van der Waals surface area contributed by atoms with Gasteiger partial charge in [-0.25, -0.2) is 4.39 Å². The Morgan fingerprint density at radius 3 is 2.41 bits per heavy atom. The largest absolute Gasteiger partial charge is 0.398 e. The zero-order chi connectivity index (χ0) is 12.6. The quantitative estimate of drug-likeness (QED) is 0.748. The molecule has 0 heterocycles. The molecule has 0 aliphatic carbocycles. The second-order valence-electron chi connectivity index (χ2n) is 4.15. The highest BCUT2D eigenvalue weighted by Gasteiger charge is 2.09. The van der Waals surface area contributed by atoms with Gasteiger partial charge in [0.05, 0.1) is 0 Å². The third kappa shape index (κ3) is 2.27. The van der Waals surface area contributed by atoms with Gasteiger partial charge in [-0.1, -0.05) is 23.7 Å². The van der Waals surface area contributed by atoms with Crippen molar-refractivity contribution in [1.29, 1.82) is 0 Å². The Morgan fingerprint density at radius 2 is 1.76 bits per heavy atom. The number of halogens is 2. The van der Waals surface area contributed by atoms with E-state index in [1.54, 1.807) is 19.1 Å². The van der Waals surface area contributed by atoms with Crippen LogP contribution in [0.1, 0.15) is 11.1 Å². The summed E-state index contributed by atoms with van der Waals surface area (Å²) in [6, 6.07) is 8.55. The van der Waals surface area contributed by atoms with Crippen LogP contribution in [0.15, 0.2) is 30.3 Å². The number of benzene rings is 2. The summed E-state index contributed by atoms with van der Waals surface area (Å²) in [6.45, 7) is 3.69. The van der Waals surface area contributed by atoms with E-state index in [4.69, 9.17) is 17.3 Å². The lowest BCUT2D eigenvalue weighted by molar-refractivity contribution is 0.630. The van der Waals surface area contributed by atoms with Crippen LogP contribution in [-0.2, 0) is 0 Å². The average Bonchev–Trinajstić information content (AvgIpc) is 2.27. The second-order valence-corrected chi connectivity index (χ2v) is 4.56. The van der Waals surface area contributed by atoms with Crippen molar-refractivity contribution in [2.75, 3.05) is 5.73 Å². The van der Waals surface area contributed by atoms with E-state index in [-0.39, 0.29) is 5.82 Å². The van der Waals surface area contributed by atoms with Gasteiger partial charge in [0, 0.05) is 16.3 Å². The van der Waals surface area contributed by atoms with Gasteiger partial charge in [0.1, 0.15) is 5.82 Å². The number of nitrogens with two attached hydrogens (primary N) is 1. The maximum absolute atomic E-state index is 13.8. The average molecular weight is 250 g/mol. The molecular weight excluding hydrogens is 237 g/mol. The normalized spacial score (nSPS) is 10.6. The van der Waals surface area contributed by atoms with Crippen molar-refractivity contribution in [3.8, 4) is 11.1 Å². The number of nitrogen functional groups attached to an aromatic ring is 1. The highest BCUT2D eigenvalue weighted by Crippen LogP contribution is 2.30. The summed E-state index contributed by atoms with van der Waals surface area (Å²) in [5.41, 5.74) is 9.31. The Labute approximate surface area is 105 Å². The van der Waals surface area contributed by atoms with E-state index in [1.807, 2.05) is 19.1 Å². The maximum Gasteiger partial charge on any atom is 0.131 e. The molecule has 1 nitrogen and oxygen atoms in total. The first-order valence-corrected chi connectivity index (χ1v) is 5.69. The summed E-state index contributed by atoms with van der Waals surface area (Å²) in [7, 11) is 0. The van der Waals surface area contributed by atoms with Crippen molar-refractivity contribution < 1.29 is 4.39 Å². The van der Waals surface area contributed by atoms with Crippen molar-refractivity contribution in [3.05, 3.63) is 52.3 Å². The highest BCUT2D eigenvalue weighted by atomic mass is 35.5. The zero-order valence-corrected chi connectivity index (χ0v) is 10.5. The molecule has 3 heteroatoms. The number of aryl methyl sites for hydroxylation is 2. The third-order valence-corrected chi connectivity index (χ3v) is 3.25. The zero-order valence-electron chi connectivity index (χ0n) is 9.72. The van der Waals surface area contributed by atoms with Crippen LogP contribution < -0.4 is 5.73 Å². The first-order valence-electron chi connectivity index (χ1n) is 5.31. The molecule has 88 valence electrons. The van der Waals surface area contributed by atoms with Gasteiger partial charge in [-0.15, -0.1) is 0 Å². The van der Waals surface area contributed by atoms with E-state index in [9.17, 15) is 4.39 Å². The fourth-order valence-electron chi connectivity index (χ4n) is 1.67. The minimum absolute atomic E-state index is 0.281. The first kappa shape index (κ1) is 11.9. The van der Waals surface area contributed by atoms with Gasteiger partial charge < -0.3 is 5.73 Å². The van der Waals surface area contributed by atoms with Crippen LogP contribution >= 0.6 is 11.6 Å². The van der Waals surface area contributed by atoms with Gasteiger partial charge in [0.2, 0.25) is 0 Å². The Kier molecular flexibility index (Phi) is 3.07. The summed E-state index contributed by atoms with van der Waals surface area (Å²) < 4.78 is 13.8. The highest BCUT2D eigenvalue weighted by molar-refractivity contribution is 6.31. The molecule has 2 rings (SSSR count). The molecule has 0 spiro atoms. The summed E-state index contributed by atoms with van der Waals surface area (Å²) >= 11 is 6.03. The molecule has 2 aromatic carbocycles. The molecule has 0 aromatic heterocycles. The monoisotopic (exact) mass is 249 g/mol. The van der Waals surface area contributed by atoms with Crippen LogP contribution in [0.3, 0.4) is 0 Å². The van der Waals surface area contributed by atoms with Gasteiger partial charge >= 0.3 is 0 Å². The molecule has 2 N–H and O–H groups in total. The van der Waals surface area contributed by atoms with Crippen LogP contribution in [0.4, 0.5) is 10.1 Å². The molecule has 0 amide bonds. The van der Waals surface area contributed by atoms with Crippen molar-refractivity contribution in [2.24, 2.45) is 0 Å². The fraction of sp³-hybridized carbons (Fsp3) is 0.143. The Hall–Kier alpha value is -1.54. The molecule has 0 saturated carbocycles. The van der Waals surface area contributed by atoms with E-state index >= 15 is 0 Å². The summed E-state index contributed by atoms with van der Waals surface area (Å²) in [4.78, 5) is 0. The molecule has 0 aliphatic heterocycles. The predicted octanol–water partition coefficient (Wildman–Crippen LogP) is 4.35. The summed E-state index contributed by atoms with van der Waals surface area (Å²) in [5, 5.41) is 0.626. The Balaban J connectivity index is 2.60. The lowest BCUT2D eigenvalue weighted by atomic mass is 10.0. The molecule has 0 aliphatic rings. The Morgan fingerprint density at radius 1 is 1.06 bits per heavy atom. The van der Waals surface area contributed by atoms with Gasteiger partial charge in [-0.3, -0.25) is 0 Å². The lowest BCUT2D eigenvalue weighted by Gasteiger charge is -2.08. The molecule has 0 radical (unpaired) electrons. The smallest absolute Gasteiger partial charge is 0.131 e. The molecular formula is C14H13ClFN. The van der Waals surface area contributed by atoms with E-state index in [1.165, 1.54) is 6.07 Å². The lowest BCUT2D eigenvalue weighted by Crippen LogP contribution is -1.94. The minimum atomic E-state index is -0.281. The molecule has 0 bridgehead atoms. The van der Waals surface area contributed by atoms with Crippen molar-refractivity contribution in [2.45, 2.75) is 13.8 Å². The summed E-state index contributed by atoms with van der Waals surface area (Å²) in [6.07, 6.45) is 0. The molecule has 0 unspecified atom stereocenters. The van der Waals surface area contributed by atoms with Crippen LogP contribution in [0.2, 0.25) is 5.02 Å². The molecule has 2 aromatic rings. The van der Waals surface area contributed by atoms with E-state index < -0.39 is 0 Å². The standard InChI is InChI=1S/C14H13ClFN/c1-8-3-4-10(6-12(8)15)11-7-14(17)9(2)5-13(11)16/h3-7H,17H2,1-2H3. The molecule has 0 atom stereocenters. The number of hydrogen-bond acceptors (Lipinski definition) is 1. The molecule has 17 heavy (non-hydrogen) atoms. The topological polar surface area (TPSA) is 26.0 Å². The minimum Gasteiger partial charge on any atom is -0.398 e. The van der Waals surface area contributed by atoms with E-state index in [0.29, 0.717) is 16.3 Å². The van der Waals surface area contributed by atoms with Crippen LogP contribution in [0.25, 0.3) is 11.1 Å². The second kappa shape index (κ2) is 4.38. The maximum atomic E-state index is 13.8. The van der Waals surface area contributed by atoms with E-state index in [0.717, 1.165) is 16.7 Å². The fourth-order valence-corrected chi connectivity index (χ4v) is 1.85. The Bertz CT molecular complexity index is 579. The van der Waals surface area contributed by atoms with Gasteiger partial charge in [-0.05, 0) is 48.7 Å². The van der Waals surface area contributed by atoms with Crippen LogP contribution in [0.5, 0.6) is 0 Å². The SMILES string of the molecule is Cc1cc(F)c(-c2ccc(C)c(Cl)c2)cc1N. The van der Waals surface area contributed by atoms with Gasteiger partial charge in [0.25, 0.3) is 0 Å². The summed E-state index contributed by atoms with van der Waals surface area (Å²) in [5.74, 6) is -0.281.